The third-order valence-corrected chi connectivity index (χ3v) is 3.28. The predicted octanol–water partition coefficient (Wildman–Crippen LogP) is 1.55. The molecule has 0 radical (unpaired) electrons. The quantitative estimate of drug-likeness (QED) is 0.813. The van der Waals surface area contributed by atoms with Crippen molar-refractivity contribution in [2.75, 3.05) is 6.54 Å². The fourth-order valence-electron chi connectivity index (χ4n) is 2.04. The summed E-state index contributed by atoms with van der Waals surface area (Å²) in [5, 5.41) is 2.83. The van der Waals surface area contributed by atoms with Crippen LogP contribution in [0.5, 0.6) is 0 Å². The number of unbranched alkanes of at least 4 members (excludes halogenated alkanes) is 1. The topological polar surface area (TPSA) is 49.4 Å². The minimum Gasteiger partial charge on any atom is -0.342 e. The van der Waals surface area contributed by atoms with Gasteiger partial charge in [0.1, 0.15) is 12.1 Å². The minimum atomic E-state index is -0.400. The Morgan fingerprint density at radius 1 is 1.29 bits per heavy atom. The van der Waals surface area contributed by atoms with Crippen LogP contribution in [0.15, 0.2) is 0 Å². The molecule has 1 fully saturated rings. The first-order chi connectivity index (χ1) is 7.79. The lowest BCUT2D eigenvalue weighted by Crippen LogP contribution is -2.65. The maximum atomic E-state index is 12.3. The highest BCUT2D eigenvalue weighted by molar-refractivity contribution is 5.97. The van der Waals surface area contributed by atoms with Gasteiger partial charge >= 0.3 is 0 Å². The van der Waals surface area contributed by atoms with Gasteiger partial charge in [-0.15, -0.1) is 0 Å². The van der Waals surface area contributed by atoms with Crippen molar-refractivity contribution in [1.29, 1.82) is 0 Å². The van der Waals surface area contributed by atoms with Crippen LogP contribution in [0.25, 0.3) is 0 Å². The molecule has 1 rings (SSSR count). The first kappa shape index (κ1) is 14.0. The number of carbonyl (C=O) groups excluding carboxylic acids is 2. The average Bonchev–Trinajstić information content (AvgIpc) is 2.22. The molecule has 2 unspecified atom stereocenters. The van der Waals surface area contributed by atoms with Crippen molar-refractivity contribution >= 4 is 11.8 Å². The number of amides is 2. The second kappa shape index (κ2) is 5.07. The van der Waals surface area contributed by atoms with Crippen LogP contribution in [0.2, 0.25) is 0 Å². The Morgan fingerprint density at radius 2 is 1.88 bits per heavy atom. The lowest BCUT2D eigenvalue weighted by Gasteiger charge is -2.42. The largest absolute Gasteiger partial charge is 0.342 e. The fraction of sp³-hybridized carbons (Fsp3) is 0.846. The Bertz CT molecular complexity index is 307. The molecule has 2 atom stereocenters. The molecule has 0 aromatic rings. The summed E-state index contributed by atoms with van der Waals surface area (Å²) in [6.07, 6.45) is 1.97. The molecule has 0 aromatic heterocycles. The van der Waals surface area contributed by atoms with E-state index >= 15 is 0 Å². The first-order valence-electron chi connectivity index (χ1n) is 6.40. The van der Waals surface area contributed by atoms with Gasteiger partial charge in [0.15, 0.2) is 0 Å². The lowest BCUT2D eigenvalue weighted by atomic mass is 9.84. The van der Waals surface area contributed by atoms with Crippen molar-refractivity contribution in [1.82, 2.24) is 10.2 Å². The van der Waals surface area contributed by atoms with Crippen LogP contribution in [0.4, 0.5) is 0 Å². The van der Waals surface area contributed by atoms with Gasteiger partial charge in [-0.1, -0.05) is 34.1 Å². The molecule has 1 N–H and O–H groups in total. The van der Waals surface area contributed by atoms with Crippen LogP contribution < -0.4 is 5.32 Å². The monoisotopic (exact) mass is 240 g/mol. The van der Waals surface area contributed by atoms with Gasteiger partial charge in [-0.2, -0.15) is 0 Å². The number of carbonyl (C=O) groups is 2. The summed E-state index contributed by atoms with van der Waals surface area (Å²) in [7, 11) is 0. The van der Waals surface area contributed by atoms with Crippen LogP contribution in [0.3, 0.4) is 0 Å². The number of piperazine rings is 1. The third-order valence-electron chi connectivity index (χ3n) is 3.28. The zero-order chi connectivity index (χ0) is 13.2. The van der Waals surface area contributed by atoms with Crippen LogP contribution in [-0.2, 0) is 9.59 Å². The van der Waals surface area contributed by atoms with E-state index in [0.717, 1.165) is 12.8 Å². The Labute approximate surface area is 104 Å². The van der Waals surface area contributed by atoms with Gasteiger partial charge in [-0.3, -0.25) is 9.59 Å². The van der Waals surface area contributed by atoms with Crippen molar-refractivity contribution in [2.45, 2.75) is 59.5 Å². The van der Waals surface area contributed by atoms with Gasteiger partial charge in [0.25, 0.3) is 0 Å². The van der Waals surface area contributed by atoms with E-state index in [2.05, 4.69) is 12.2 Å². The van der Waals surface area contributed by atoms with Crippen LogP contribution in [0.1, 0.15) is 47.5 Å². The maximum Gasteiger partial charge on any atom is 0.246 e. The van der Waals surface area contributed by atoms with Crippen molar-refractivity contribution in [2.24, 2.45) is 5.41 Å². The molecule has 4 nitrogen and oxygen atoms in total. The van der Waals surface area contributed by atoms with Gasteiger partial charge < -0.3 is 10.2 Å². The van der Waals surface area contributed by atoms with Crippen LogP contribution in [0, 0.1) is 5.41 Å². The van der Waals surface area contributed by atoms with E-state index in [1.54, 1.807) is 11.8 Å². The number of nitrogens with one attached hydrogen (secondary N) is 1. The van der Waals surface area contributed by atoms with Crippen molar-refractivity contribution in [3.63, 3.8) is 0 Å². The van der Waals surface area contributed by atoms with Crippen LogP contribution in [-0.4, -0.2) is 35.3 Å². The zero-order valence-electron chi connectivity index (χ0n) is 11.5. The minimum absolute atomic E-state index is 0.0411. The highest BCUT2D eigenvalue weighted by atomic mass is 16.2. The summed E-state index contributed by atoms with van der Waals surface area (Å²) in [6, 6.07) is -0.740. The first-order valence-corrected chi connectivity index (χ1v) is 6.40. The van der Waals surface area contributed by atoms with Crippen LogP contribution >= 0.6 is 0 Å². The molecule has 4 heteroatoms. The average molecular weight is 240 g/mol. The summed E-state index contributed by atoms with van der Waals surface area (Å²) >= 11 is 0. The van der Waals surface area contributed by atoms with Gasteiger partial charge in [0.05, 0.1) is 0 Å². The highest BCUT2D eigenvalue weighted by Crippen LogP contribution is 2.25. The lowest BCUT2D eigenvalue weighted by molar-refractivity contribution is -0.151. The van der Waals surface area contributed by atoms with Gasteiger partial charge in [-0.25, -0.2) is 0 Å². The van der Waals surface area contributed by atoms with Gasteiger partial charge in [-0.05, 0) is 18.8 Å². The van der Waals surface area contributed by atoms with E-state index in [-0.39, 0.29) is 23.3 Å². The Hall–Kier alpha value is -1.06. The van der Waals surface area contributed by atoms with Gasteiger partial charge in [0, 0.05) is 6.54 Å². The number of hydrogen-bond acceptors (Lipinski definition) is 2. The van der Waals surface area contributed by atoms with E-state index in [9.17, 15) is 9.59 Å². The second-order valence-corrected chi connectivity index (χ2v) is 5.87. The predicted molar refractivity (Wildman–Crippen MR) is 67.5 cm³/mol. The van der Waals surface area contributed by atoms with E-state index in [1.165, 1.54) is 0 Å². The molecule has 17 heavy (non-hydrogen) atoms. The molecular weight excluding hydrogens is 216 g/mol. The highest BCUT2D eigenvalue weighted by Gasteiger charge is 2.42. The molecule has 0 aliphatic carbocycles. The fourth-order valence-corrected chi connectivity index (χ4v) is 2.04. The SMILES string of the molecule is CCCCN1C(=O)C(C(C)(C)C)NC(=O)C1C. The van der Waals surface area contributed by atoms with Crippen molar-refractivity contribution < 1.29 is 9.59 Å². The standard InChI is InChI=1S/C13H24N2O2/c1-6-7-8-15-9(2)11(16)14-10(12(15)17)13(3,4)5/h9-10H,6-8H2,1-5H3,(H,14,16). The van der Waals surface area contributed by atoms with E-state index in [1.807, 2.05) is 20.8 Å². The molecular formula is C13H24N2O2. The van der Waals surface area contributed by atoms with Crippen molar-refractivity contribution in [3.05, 3.63) is 0 Å². The molecule has 1 saturated heterocycles. The molecule has 1 heterocycles. The normalized spacial score (nSPS) is 26.1. The molecule has 98 valence electrons. The summed E-state index contributed by atoms with van der Waals surface area (Å²) in [5.74, 6) is 0.0127. The molecule has 0 bridgehead atoms. The van der Waals surface area contributed by atoms with E-state index in [0.29, 0.717) is 6.54 Å². The Balaban J connectivity index is 2.87. The molecule has 0 spiro atoms. The Morgan fingerprint density at radius 3 is 2.35 bits per heavy atom. The summed E-state index contributed by atoms with van der Waals surface area (Å²) in [6.45, 7) is 10.5. The Kier molecular flexibility index (Phi) is 4.17. The molecule has 0 saturated carbocycles. The smallest absolute Gasteiger partial charge is 0.246 e. The summed E-state index contributed by atoms with van der Waals surface area (Å²) < 4.78 is 0. The molecule has 0 aromatic carbocycles. The number of hydrogen-bond donors (Lipinski definition) is 1. The van der Waals surface area contributed by atoms with Crippen molar-refractivity contribution in [3.8, 4) is 0 Å². The maximum absolute atomic E-state index is 12.3. The molecule has 1 aliphatic heterocycles. The summed E-state index contributed by atoms with van der Waals surface area (Å²) in [4.78, 5) is 25.9. The van der Waals surface area contributed by atoms with E-state index < -0.39 is 6.04 Å². The number of nitrogens with zero attached hydrogens (tertiary/aromatic N) is 1. The molecule has 1 aliphatic rings. The third kappa shape index (κ3) is 2.99. The number of rotatable bonds is 3. The summed E-state index contributed by atoms with van der Waals surface area (Å²) in [5.41, 5.74) is -0.239. The second-order valence-electron chi connectivity index (χ2n) is 5.87. The van der Waals surface area contributed by atoms with E-state index in [4.69, 9.17) is 0 Å². The zero-order valence-corrected chi connectivity index (χ0v) is 11.5. The molecule has 2 amide bonds. The van der Waals surface area contributed by atoms with Gasteiger partial charge in [0.2, 0.25) is 11.8 Å².